The number of hydrogen-bond donors (Lipinski definition) is 1. The fourth-order valence-electron chi connectivity index (χ4n) is 3.33. The molecule has 7 heteroatoms. The van der Waals surface area contributed by atoms with E-state index in [0.29, 0.717) is 39.0 Å². The van der Waals surface area contributed by atoms with Gasteiger partial charge in [-0.3, -0.25) is 14.4 Å². The number of nitrogens with zero attached hydrogens (tertiary/aromatic N) is 4. The minimum Gasteiger partial charge on any atom is -0.387 e. The molecule has 128 valence electrons. The molecule has 2 aliphatic heterocycles. The molecule has 1 N–H and O–H groups in total. The molecular formula is C16H26N4O3. The molecule has 1 aromatic heterocycles. The highest BCUT2D eigenvalue weighted by atomic mass is 16.5. The Morgan fingerprint density at radius 1 is 1.39 bits per heavy atom. The summed E-state index contributed by atoms with van der Waals surface area (Å²) in [6, 6.07) is 1.93. The Bertz CT molecular complexity index is 541. The maximum atomic E-state index is 12.3. The number of aromatic nitrogens is 2. The second-order valence-corrected chi connectivity index (χ2v) is 6.65. The van der Waals surface area contributed by atoms with Gasteiger partial charge in [0, 0.05) is 45.3 Å². The minimum atomic E-state index is -0.782. The highest BCUT2D eigenvalue weighted by molar-refractivity contribution is 5.76. The Morgan fingerprint density at radius 3 is 2.87 bits per heavy atom. The number of β-amino-alcohol motifs (C(OH)–C–C–N with tert-alkyl or cyclic N) is 1. The first kappa shape index (κ1) is 16.4. The van der Waals surface area contributed by atoms with Crippen LogP contribution in [0, 0.1) is 6.92 Å². The van der Waals surface area contributed by atoms with Gasteiger partial charge in [-0.25, -0.2) is 0 Å². The van der Waals surface area contributed by atoms with Crippen LogP contribution in [0.2, 0.25) is 0 Å². The lowest BCUT2D eigenvalue weighted by molar-refractivity contribution is -0.131. The molecule has 23 heavy (non-hydrogen) atoms. The Labute approximate surface area is 136 Å². The molecule has 1 aromatic rings. The number of hydrogen-bond acceptors (Lipinski definition) is 5. The van der Waals surface area contributed by atoms with Gasteiger partial charge in [0.25, 0.3) is 0 Å². The van der Waals surface area contributed by atoms with Gasteiger partial charge in [-0.1, -0.05) is 0 Å². The van der Waals surface area contributed by atoms with Gasteiger partial charge >= 0.3 is 0 Å². The van der Waals surface area contributed by atoms with Crippen LogP contribution in [0.15, 0.2) is 12.3 Å². The lowest BCUT2D eigenvalue weighted by Gasteiger charge is -2.33. The monoisotopic (exact) mass is 322 g/mol. The Kier molecular flexibility index (Phi) is 4.99. The molecule has 1 amide bonds. The molecule has 2 saturated heterocycles. The van der Waals surface area contributed by atoms with E-state index in [-0.39, 0.29) is 5.91 Å². The van der Waals surface area contributed by atoms with Gasteiger partial charge in [-0.05, 0) is 19.4 Å². The van der Waals surface area contributed by atoms with Crippen molar-refractivity contribution in [1.82, 2.24) is 19.6 Å². The van der Waals surface area contributed by atoms with E-state index >= 15 is 0 Å². The Balaban J connectivity index is 1.46. The van der Waals surface area contributed by atoms with E-state index in [2.05, 4.69) is 10.00 Å². The molecule has 0 radical (unpaired) electrons. The zero-order chi connectivity index (χ0) is 16.3. The fourth-order valence-corrected chi connectivity index (χ4v) is 3.33. The molecule has 7 nitrogen and oxygen atoms in total. The lowest BCUT2D eigenvalue weighted by atomic mass is 10.0. The number of ether oxygens (including phenoxy) is 1. The van der Waals surface area contributed by atoms with Crippen molar-refractivity contribution in [2.24, 2.45) is 0 Å². The van der Waals surface area contributed by atoms with Gasteiger partial charge in [0.05, 0.1) is 31.1 Å². The maximum absolute atomic E-state index is 12.3. The van der Waals surface area contributed by atoms with Crippen molar-refractivity contribution in [2.45, 2.75) is 31.9 Å². The molecule has 0 aliphatic carbocycles. The van der Waals surface area contributed by atoms with Crippen LogP contribution in [-0.2, 0) is 16.1 Å². The highest BCUT2D eigenvalue weighted by Crippen LogP contribution is 2.23. The molecule has 2 aliphatic rings. The quantitative estimate of drug-likeness (QED) is 0.818. The number of amides is 1. The third kappa shape index (κ3) is 4.31. The van der Waals surface area contributed by atoms with Crippen LogP contribution >= 0.6 is 0 Å². The standard InChI is InChI=1S/C16H26N4O3/c1-14-2-5-20(17-14)6-3-15(21)19-7-4-16(22,13-19)12-18-8-10-23-11-9-18/h2,5,22H,3-4,6-13H2,1H3/t16-/m0/s1. The van der Waals surface area contributed by atoms with E-state index < -0.39 is 5.60 Å². The van der Waals surface area contributed by atoms with Gasteiger partial charge in [0.1, 0.15) is 0 Å². The predicted molar refractivity (Wildman–Crippen MR) is 85.0 cm³/mol. The zero-order valence-electron chi connectivity index (χ0n) is 13.8. The largest absolute Gasteiger partial charge is 0.387 e. The molecular weight excluding hydrogens is 296 g/mol. The SMILES string of the molecule is Cc1ccn(CCC(=O)N2CC[C@](O)(CN3CCOCC3)C2)n1. The van der Waals surface area contributed by atoms with Crippen LogP contribution in [0.4, 0.5) is 0 Å². The third-order valence-electron chi connectivity index (χ3n) is 4.64. The van der Waals surface area contributed by atoms with Crippen molar-refractivity contribution in [3.05, 3.63) is 18.0 Å². The lowest BCUT2D eigenvalue weighted by Crippen LogP contribution is -2.49. The van der Waals surface area contributed by atoms with Gasteiger partial charge in [0.2, 0.25) is 5.91 Å². The molecule has 2 fully saturated rings. The summed E-state index contributed by atoms with van der Waals surface area (Å²) in [6.07, 6.45) is 2.97. The molecule has 1 atom stereocenters. The third-order valence-corrected chi connectivity index (χ3v) is 4.64. The average Bonchev–Trinajstić information content (AvgIpc) is 3.12. The normalized spacial score (nSPS) is 25.9. The summed E-state index contributed by atoms with van der Waals surface area (Å²) >= 11 is 0. The van der Waals surface area contributed by atoms with Crippen LogP contribution in [0.3, 0.4) is 0 Å². The summed E-state index contributed by atoms with van der Waals surface area (Å²) in [4.78, 5) is 16.4. The fraction of sp³-hybridized carbons (Fsp3) is 0.750. The van der Waals surface area contributed by atoms with E-state index in [9.17, 15) is 9.90 Å². The highest BCUT2D eigenvalue weighted by Gasteiger charge is 2.39. The molecule has 0 spiro atoms. The van der Waals surface area contributed by atoms with Crippen molar-refractivity contribution < 1.29 is 14.6 Å². The van der Waals surface area contributed by atoms with Gasteiger partial charge < -0.3 is 14.7 Å². The summed E-state index contributed by atoms with van der Waals surface area (Å²) in [5, 5.41) is 15.1. The summed E-state index contributed by atoms with van der Waals surface area (Å²) in [5.41, 5.74) is 0.174. The van der Waals surface area contributed by atoms with E-state index in [0.717, 1.165) is 32.0 Å². The number of aliphatic hydroxyl groups is 1. The van der Waals surface area contributed by atoms with Crippen LogP contribution < -0.4 is 0 Å². The van der Waals surface area contributed by atoms with Crippen molar-refractivity contribution >= 4 is 5.91 Å². The van der Waals surface area contributed by atoms with Gasteiger partial charge in [0.15, 0.2) is 0 Å². The molecule has 3 rings (SSSR count). The first-order valence-corrected chi connectivity index (χ1v) is 8.34. The molecule has 0 aromatic carbocycles. The van der Waals surface area contributed by atoms with Crippen LogP contribution in [-0.4, -0.2) is 82.1 Å². The Morgan fingerprint density at radius 2 is 2.17 bits per heavy atom. The smallest absolute Gasteiger partial charge is 0.224 e. The molecule has 0 saturated carbocycles. The summed E-state index contributed by atoms with van der Waals surface area (Å²) in [6.45, 7) is 7.38. The number of aryl methyl sites for hydroxylation is 2. The summed E-state index contributed by atoms with van der Waals surface area (Å²) in [5.74, 6) is 0.0936. The van der Waals surface area contributed by atoms with Crippen molar-refractivity contribution in [2.75, 3.05) is 45.9 Å². The zero-order valence-corrected chi connectivity index (χ0v) is 13.8. The maximum Gasteiger partial charge on any atom is 0.224 e. The predicted octanol–water partition coefficient (Wildman–Crippen LogP) is -0.123. The number of carbonyl (C=O) groups is 1. The van der Waals surface area contributed by atoms with E-state index in [1.165, 1.54) is 0 Å². The van der Waals surface area contributed by atoms with Crippen LogP contribution in [0.5, 0.6) is 0 Å². The van der Waals surface area contributed by atoms with Crippen molar-refractivity contribution in [3.63, 3.8) is 0 Å². The van der Waals surface area contributed by atoms with Crippen LogP contribution in [0.25, 0.3) is 0 Å². The minimum absolute atomic E-state index is 0.0936. The Hall–Kier alpha value is -1.44. The van der Waals surface area contributed by atoms with E-state index in [1.807, 2.05) is 19.2 Å². The molecule has 0 unspecified atom stereocenters. The van der Waals surface area contributed by atoms with Gasteiger partial charge in [-0.2, -0.15) is 5.10 Å². The number of carbonyl (C=O) groups excluding carboxylic acids is 1. The second kappa shape index (κ2) is 6.98. The molecule has 3 heterocycles. The average molecular weight is 322 g/mol. The van der Waals surface area contributed by atoms with Crippen molar-refractivity contribution in [1.29, 1.82) is 0 Å². The first-order chi connectivity index (χ1) is 11.0. The van der Waals surface area contributed by atoms with Crippen molar-refractivity contribution in [3.8, 4) is 0 Å². The number of likely N-dealkylation sites (tertiary alicyclic amines) is 1. The molecule has 0 bridgehead atoms. The summed E-state index contributed by atoms with van der Waals surface area (Å²) < 4.78 is 7.13. The number of morpholine rings is 1. The van der Waals surface area contributed by atoms with Crippen LogP contribution in [0.1, 0.15) is 18.5 Å². The summed E-state index contributed by atoms with van der Waals surface area (Å²) in [7, 11) is 0. The van der Waals surface area contributed by atoms with E-state index in [4.69, 9.17) is 4.74 Å². The topological polar surface area (TPSA) is 70.8 Å². The van der Waals surface area contributed by atoms with Gasteiger partial charge in [-0.15, -0.1) is 0 Å². The first-order valence-electron chi connectivity index (χ1n) is 8.34. The second-order valence-electron chi connectivity index (χ2n) is 6.65. The van der Waals surface area contributed by atoms with E-state index in [1.54, 1.807) is 9.58 Å². The number of rotatable bonds is 5.